The summed E-state index contributed by atoms with van der Waals surface area (Å²) in [6.45, 7) is 5.76. The summed E-state index contributed by atoms with van der Waals surface area (Å²) in [4.78, 5) is 12.1. The monoisotopic (exact) mass is 278 g/mol. The molecule has 1 heterocycles. The number of hydrogen-bond acceptors (Lipinski definition) is 4. The SMILES string of the molecule is Cc1cc(N)ccc1NC(=O)C(C)OCC1CCOC1. The van der Waals surface area contributed by atoms with Gasteiger partial charge in [-0.1, -0.05) is 0 Å². The summed E-state index contributed by atoms with van der Waals surface area (Å²) in [7, 11) is 0. The van der Waals surface area contributed by atoms with Crippen molar-refractivity contribution in [2.45, 2.75) is 26.4 Å². The molecule has 0 spiro atoms. The van der Waals surface area contributed by atoms with E-state index in [2.05, 4.69) is 5.32 Å². The lowest BCUT2D eigenvalue weighted by atomic mass is 10.1. The minimum absolute atomic E-state index is 0.142. The van der Waals surface area contributed by atoms with Crippen molar-refractivity contribution in [3.05, 3.63) is 23.8 Å². The number of nitrogens with one attached hydrogen (secondary N) is 1. The Labute approximate surface area is 119 Å². The number of nitrogens with two attached hydrogens (primary N) is 1. The van der Waals surface area contributed by atoms with Crippen LogP contribution in [0.25, 0.3) is 0 Å². The summed E-state index contributed by atoms with van der Waals surface area (Å²) in [6.07, 6.45) is 0.526. The Bertz CT molecular complexity index is 470. The van der Waals surface area contributed by atoms with Crippen LogP contribution in [0.3, 0.4) is 0 Å². The van der Waals surface area contributed by atoms with Crippen LogP contribution in [0.1, 0.15) is 18.9 Å². The van der Waals surface area contributed by atoms with Crippen molar-refractivity contribution < 1.29 is 14.3 Å². The van der Waals surface area contributed by atoms with Gasteiger partial charge in [0.2, 0.25) is 0 Å². The van der Waals surface area contributed by atoms with E-state index in [1.165, 1.54) is 0 Å². The largest absolute Gasteiger partial charge is 0.399 e. The fraction of sp³-hybridized carbons (Fsp3) is 0.533. The van der Waals surface area contributed by atoms with E-state index in [9.17, 15) is 4.79 Å². The molecule has 20 heavy (non-hydrogen) atoms. The molecule has 1 amide bonds. The summed E-state index contributed by atoms with van der Waals surface area (Å²) in [5.41, 5.74) is 8.08. The van der Waals surface area contributed by atoms with Gasteiger partial charge in [-0.2, -0.15) is 0 Å². The zero-order chi connectivity index (χ0) is 14.5. The molecule has 2 atom stereocenters. The second-order valence-corrected chi connectivity index (χ2v) is 5.27. The predicted octanol–water partition coefficient (Wildman–Crippen LogP) is 1.96. The van der Waals surface area contributed by atoms with Crippen LogP contribution in [0, 0.1) is 12.8 Å². The number of hydrogen-bond donors (Lipinski definition) is 2. The smallest absolute Gasteiger partial charge is 0.253 e. The Morgan fingerprint density at radius 1 is 1.60 bits per heavy atom. The molecule has 1 aliphatic rings. The number of anilines is 2. The number of benzene rings is 1. The van der Waals surface area contributed by atoms with Crippen LogP contribution in [0.2, 0.25) is 0 Å². The molecule has 110 valence electrons. The summed E-state index contributed by atoms with van der Waals surface area (Å²) in [5, 5.41) is 2.86. The van der Waals surface area contributed by atoms with Crippen LogP contribution in [0.5, 0.6) is 0 Å². The van der Waals surface area contributed by atoms with Gasteiger partial charge >= 0.3 is 0 Å². The molecule has 0 bridgehead atoms. The van der Waals surface area contributed by atoms with Crippen LogP contribution in [0.4, 0.5) is 11.4 Å². The van der Waals surface area contributed by atoms with Crippen LogP contribution >= 0.6 is 0 Å². The summed E-state index contributed by atoms with van der Waals surface area (Å²) in [5.74, 6) is 0.264. The number of carbonyl (C=O) groups is 1. The quantitative estimate of drug-likeness (QED) is 0.807. The Kier molecular flexibility index (Phi) is 4.98. The van der Waals surface area contributed by atoms with Gasteiger partial charge < -0.3 is 20.5 Å². The van der Waals surface area contributed by atoms with Crippen molar-refractivity contribution in [3.8, 4) is 0 Å². The Morgan fingerprint density at radius 3 is 3.05 bits per heavy atom. The van der Waals surface area contributed by atoms with Crippen molar-refractivity contribution in [2.24, 2.45) is 5.92 Å². The second-order valence-electron chi connectivity index (χ2n) is 5.27. The third-order valence-electron chi connectivity index (χ3n) is 3.48. The van der Waals surface area contributed by atoms with Gasteiger partial charge in [0.15, 0.2) is 0 Å². The minimum Gasteiger partial charge on any atom is -0.399 e. The van der Waals surface area contributed by atoms with Gasteiger partial charge in [-0.3, -0.25) is 4.79 Å². The maximum atomic E-state index is 12.1. The highest BCUT2D eigenvalue weighted by Gasteiger charge is 2.20. The van der Waals surface area contributed by atoms with Crippen molar-refractivity contribution in [2.75, 3.05) is 30.9 Å². The molecule has 0 radical (unpaired) electrons. The molecule has 1 aromatic rings. The first kappa shape index (κ1) is 14.8. The molecule has 0 aromatic heterocycles. The third kappa shape index (κ3) is 3.95. The number of rotatable bonds is 5. The Morgan fingerprint density at radius 2 is 2.40 bits per heavy atom. The van der Waals surface area contributed by atoms with Crippen molar-refractivity contribution in [1.29, 1.82) is 0 Å². The number of ether oxygens (including phenoxy) is 2. The van der Waals surface area contributed by atoms with E-state index >= 15 is 0 Å². The topological polar surface area (TPSA) is 73.6 Å². The fourth-order valence-corrected chi connectivity index (χ4v) is 2.13. The van der Waals surface area contributed by atoms with E-state index < -0.39 is 6.10 Å². The average Bonchev–Trinajstić information content (AvgIpc) is 2.92. The van der Waals surface area contributed by atoms with Gasteiger partial charge in [0.25, 0.3) is 5.91 Å². The van der Waals surface area contributed by atoms with Gasteiger partial charge in [-0.25, -0.2) is 0 Å². The van der Waals surface area contributed by atoms with Crippen LogP contribution < -0.4 is 11.1 Å². The Hall–Kier alpha value is -1.59. The van der Waals surface area contributed by atoms with E-state index in [0.29, 0.717) is 18.2 Å². The first-order valence-electron chi connectivity index (χ1n) is 6.92. The molecule has 0 aliphatic carbocycles. The zero-order valence-electron chi connectivity index (χ0n) is 12.0. The van der Waals surface area contributed by atoms with E-state index in [1.54, 1.807) is 19.1 Å². The first-order valence-corrected chi connectivity index (χ1v) is 6.92. The van der Waals surface area contributed by atoms with E-state index in [0.717, 1.165) is 30.9 Å². The molecule has 1 aliphatic heterocycles. The van der Waals surface area contributed by atoms with Crippen molar-refractivity contribution in [3.63, 3.8) is 0 Å². The molecule has 2 rings (SSSR count). The predicted molar refractivity (Wildman–Crippen MR) is 78.6 cm³/mol. The Balaban J connectivity index is 1.83. The molecule has 2 unspecified atom stereocenters. The zero-order valence-corrected chi connectivity index (χ0v) is 12.0. The lowest BCUT2D eigenvalue weighted by molar-refractivity contribution is -0.127. The number of nitrogen functional groups attached to an aromatic ring is 1. The number of carbonyl (C=O) groups excluding carboxylic acids is 1. The molecule has 1 aromatic carbocycles. The molecule has 1 saturated heterocycles. The maximum Gasteiger partial charge on any atom is 0.253 e. The molecule has 5 heteroatoms. The fourth-order valence-electron chi connectivity index (χ4n) is 2.13. The molecule has 1 fully saturated rings. The molecular formula is C15H22N2O3. The molecule has 5 nitrogen and oxygen atoms in total. The lowest BCUT2D eigenvalue weighted by Gasteiger charge is -2.16. The van der Waals surface area contributed by atoms with Gasteiger partial charge in [0.05, 0.1) is 13.2 Å². The van der Waals surface area contributed by atoms with Gasteiger partial charge in [-0.15, -0.1) is 0 Å². The normalized spacial score (nSPS) is 19.8. The van der Waals surface area contributed by atoms with E-state index in [1.807, 2.05) is 13.0 Å². The standard InChI is InChI=1S/C15H22N2O3/c1-10-7-13(16)3-4-14(10)17-15(18)11(2)20-9-12-5-6-19-8-12/h3-4,7,11-12H,5-6,8-9,16H2,1-2H3,(H,17,18). The van der Waals surface area contributed by atoms with Crippen LogP contribution in [-0.2, 0) is 14.3 Å². The highest BCUT2D eigenvalue weighted by molar-refractivity contribution is 5.94. The van der Waals surface area contributed by atoms with Gasteiger partial charge in [0, 0.05) is 23.9 Å². The molecule has 0 saturated carbocycles. The highest BCUT2D eigenvalue weighted by atomic mass is 16.5. The number of aryl methyl sites for hydroxylation is 1. The van der Waals surface area contributed by atoms with Gasteiger partial charge in [0.1, 0.15) is 6.10 Å². The second kappa shape index (κ2) is 6.72. The van der Waals surface area contributed by atoms with E-state index in [-0.39, 0.29) is 5.91 Å². The number of amides is 1. The minimum atomic E-state index is -0.479. The lowest BCUT2D eigenvalue weighted by Crippen LogP contribution is -2.29. The molecule has 3 N–H and O–H groups in total. The summed E-state index contributed by atoms with van der Waals surface area (Å²) >= 11 is 0. The summed E-state index contributed by atoms with van der Waals surface area (Å²) in [6, 6.07) is 5.40. The summed E-state index contributed by atoms with van der Waals surface area (Å²) < 4.78 is 10.9. The average molecular weight is 278 g/mol. The van der Waals surface area contributed by atoms with Crippen molar-refractivity contribution >= 4 is 17.3 Å². The third-order valence-corrected chi connectivity index (χ3v) is 3.48. The highest BCUT2D eigenvalue weighted by Crippen LogP contribution is 2.18. The van der Waals surface area contributed by atoms with Crippen molar-refractivity contribution in [1.82, 2.24) is 0 Å². The first-order chi connectivity index (χ1) is 9.56. The molecular weight excluding hydrogens is 256 g/mol. The van der Waals surface area contributed by atoms with E-state index in [4.69, 9.17) is 15.2 Å². The van der Waals surface area contributed by atoms with Crippen LogP contribution in [-0.4, -0.2) is 31.8 Å². The van der Waals surface area contributed by atoms with Gasteiger partial charge in [-0.05, 0) is 44.0 Å². The maximum absolute atomic E-state index is 12.1. The van der Waals surface area contributed by atoms with Crippen LogP contribution in [0.15, 0.2) is 18.2 Å².